The van der Waals surface area contributed by atoms with Crippen LogP contribution in [0.4, 0.5) is 0 Å². The average Bonchev–Trinajstić information content (AvgIpc) is 2.22. The lowest BCUT2D eigenvalue weighted by molar-refractivity contribution is -0.137. The fourth-order valence-electron chi connectivity index (χ4n) is 0.979. The molecular weight excluding hydrogens is 206 g/mol. The Hall–Kier alpha value is -1.02. The molecule has 0 aromatic rings. The second-order valence-electron chi connectivity index (χ2n) is 3.03. The van der Waals surface area contributed by atoms with Gasteiger partial charge in [0.05, 0.1) is 13.2 Å². The van der Waals surface area contributed by atoms with Crippen LogP contribution in [0.5, 0.6) is 0 Å². The second-order valence-corrected chi connectivity index (χ2v) is 3.03. The lowest BCUT2D eigenvalue weighted by Gasteiger charge is -2.22. The third-order valence-corrected chi connectivity index (χ3v) is 1.74. The molecule has 0 unspecified atom stereocenters. The Balaban J connectivity index is 4.61. The zero-order valence-corrected chi connectivity index (χ0v) is 8.25. The monoisotopic (exact) mass is 221 g/mol. The van der Waals surface area contributed by atoms with Crippen molar-refractivity contribution in [2.24, 2.45) is 0 Å². The van der Waals surface area contributed by atoms with Gasteiger partial charge in [-0.15, -0.1) is 0 Å². The Morgan fingerprint density at radius 3 is 2.07 bits per heavy atom. The van der Waals surface area contributed by atoms with E-state index in [9.17, 15) is 14.7 Å². The minimum Gasteiger partial charge on any atom is -0.394 e. The van der Waals surface area contributed by atoms with Crippen molar-refractivity contribution >= 4 is 11.7 Å². The summed E-state index contributed by atoms with van der Waals surface area (Å²) in [5.41, 5.74) is 0. The van der Waals surface area contributed by atoms with Crippen molar-refractivity contribution in [3.63, 3.8) is 0 Å². The Kier molecular flexibility index (Phi) is 6.02. The highest BCUT2D eigenvalue weighted by molar-refractivity contribution is 5.92. The third-order valence-electron chi connectivity index (χ3n) is 1.74. The van der Waals surface area contributed by atoms with Crippen LogP contribution in [-0.4, -0.2) is 63.6 Å². The van der Waals surface area contributed by atoms with Gasteiger partial charge in [-0.05, 0) is 0 Å². The molecule has 88 valence electrons. The molecular formula is C8H15NO6. The smallest absolute Gasteiger partial charge is 0.217 e. The number of amides is 1. The van der Waals surface area contributed by atoms with Gasteiger partial charge < -0.3 is 25.7 Å². The first-order chi connectivity index (χ1) is 6.93. The zero-order chi connectivity index (χ0) is 12.0. The van der Waals surface area contributed by atoms with Gasteiger partial charge in [0.1, 0.15) is 18.2 Å². The summed E-state index contributed by atoms with van der Waals surface area (Å²) in [4.78, 5) is 22.0. The van der Waals surface area contributed by atoms with Gasteiger partial charge in [-0.2, -0.15) is 0 Å². The fraction of sp³-hybridized carbons (Fsp3) is 0.750. The molecule has 0 rings (SSSR count). The van der Waals surface area contributed by atoms with Crippen LogP contribution in [0.3, 0.4) is 0 Å². The van der Waals surface area contributed by atoms with E-state index in [-0.39, 0.29) is 0 Å². The summed E-state index contributed by atoms with van der Waals surface area (Å²) in [7, 11) is 0. The lowest BCUT2D eigenvalue weighted by Crippen LogP contribution is -2.53. The Labute approximate surface area is 86.3 Å². The van der Waals surface area contributed by atoms with E-state index in [1.165, 1.54) is 0 Å². The summed E-state index contributed by atoms with van der Waals surface area (Å²) in [6, 6.07) is -1.42. The van der Waals surface area contributed by atoms with Crippen molar-refractivity contribution in [3.05, 3.63) is 0 Å². The van der Waals surface area contributed by atoms with E-state index in [1.807, 2.05) is 0 Å². The van der Waals surface area contributed by atoms with Gasteiger partial charge in [-0.3, -0.25) is 9.59 Å². The molecule has 15 heavy (non-hydrogen) atoms. The highest BCUT2D eigenvalue weighted by Crippen LogP contribution is 1.99. The molecule has 0 aliphatic heterocycles. The molecule has 0 heterocycles. The Morgan fingerprint density at radius 2 is 1.73 bits per heavy atom. The molecule has 5 N–H and O–H groups in total. The van der Waals surface area contributed by atoms with Crippen LogP contribution >= 0.6 is 0 Å². The molecule has 0 aliphatic rings. The van der Waals surface area contributed by atoms with E-state index >= 15 is 0 Å². The van der Waals surface area contributed by atoms with Gasteiger partial charge >= 0.3 is 0 Å². The molecule has 3 atom stereocenters. The second kappa shape index (κ2) is 6.46. The van der Waals surface area contributed by atoms with Crippen LogP contribution in [0.25, 0.3) is 0 Å². The molecule has 0 aromatic carbocycles. The first-order valence-electron chi connectivity index (χ1n) is 4.32. The summed E-state index contributed by atoms with van der Waals surface area (Å²) in [6.45, 7) is -0.433. The van der Waals surface area contributed by atoms with E-state index in [4.69, 9.17) is 15.3 Å². The van der Waals surface area contributed by atoms with E-state index in [0.717, 1.165) is 6.92 Å². The van der Waals surface area contributed by atoms with E-state index in [0.29, 0.717) is 0 Å². The Morgan fingerprint density at radius 1 is 1.20 bits per heavy atom. The average molecular weight is 221 g/mol. The summed E-state index contributed by atoms with van der Waals surface area (Å²) >= 11 is 0. The maximum Gasteiger partial charge on any atom is 0.217 e. The van der Waals surface area contributed by atoms with Gasteiger partial charge in [0, 0.05) is 6.92 Å². The molecule has 7 nitrogen and oxygen atoms in total. The van der Waals surface area contributed by atoms with Crippen molar-refractivity contribution in [2.45, 2.75) is 25.2 Å². The van der Waals surface area contributed by atoms with Crippen LogP contribution in [-0.2, 0) is 9.59 Å². The maximum absolute atomic E-state index is 11.3. The van der Waals surface area contributed by atoms with Gasteiger partial charge in [-0.1, -0.05) is 0 Å². The minimum atomic E-state index is -1.69. The number of aliphatic hydroxyl groups excluding tert-OH is 4. The molecule has 0 saturated heterocycles. The topological polar surface area (TPSA) is 127 Å². The molecule has 7 heteroatoms. The highest BCUT2D eigenvalue weighted by Gasteiger charge is 2.31. The lowest BCUT2D eigenvalue weighted by atomic mass is 10.0. The van der Waals surface area contributed by atoms with E-state index in [2.05, 4.69) is 5.32 Å². The number of carbonyl (C=O) groups excluding carboxylic acids is 2. The van der Waals surface area contributed by atoms with Gasteiger partial charge in [0.25, 0.3) is 0 Å². The number of carbonyl (C=O) groups is 2. The van der Waals surface area contributed by atoms with Gasteiger partial charge in [-0.25, -0.2) is 0 Å². The SMILES string of the molecule is CC(=O)N[C@H](C(=O)[C@@H](O)CO)[C@H](O)CO. The number of ketones is 1. The molecule has 0 radical (unpaired) electrons. The summed E-state index contributed by atoms with van der Waals surface area (Å²) < 4.78 is 0. The zero-order valence-electron chi connectivity index (χ0n) is 8.25. The van der Waals surface area contributed by atoms with Crippen LogP contribution in [0.1, 0.15) is 6.92 Å². The standard InChI is InChI=1S/C8H15NO6/c1-4(12)9-7(5(13)2-10)8(15)6(14)3-11/h5-7,10-11,13-14H,2-3H2,1H3,(H,9,12)/t5-,6+,7+/m1/s1. The van der Waals surface area contributed by atoms with E-state index in [1.54, 1.807) is 0 Å². The predicted molar refractivity (Wildman–Crippen MR) is 48.8 cm³/mol. The van der Waals surface area contributed by atoms with Crippen molar-refractivity contribution in [1.29, 1.82) is 0 Å². The van der Waals surface area contributed by atoms with Crippen molar-refractivity contribution in [3.8, 4) is 0 Å². The summed E-state index contributed by atoms with van der Waals surface area (Å²) in [6.07, 6.45) is -3.20. The number of nitrogens with one attached hydrogen (secondary N) is 1. The number of rotatable bonds is 6. The predicted octanol–water partition coefficient (Wildman–Crippen LogP) is -3.23. The molecule has 0 spiro atoms. The molecule has 0 fully saturated rings. The van der Waals surface area contributed by atoms with Crippen LogP contribution in [0.2, 0.25) is 0 Å². The normalized spacial score (nSPS) is 16.6. The van der Waals surface area contributed by atoms with Crippen LogP contribution in [0.15, 0.2) is 0 Å². The number of aliphatic hydroxyl groups is 4. The van der Waals surface area contributed by atoms with Gasteiger partial charge in [0.2, 0.25) is 5.91 Å². The highest BCUT2D eigenvalue weighted by atomic mass is 16.3. The first kappa shape index (κ1) is 14.0. The quantitative estimate of drug-likeness (QED) is 0.321. The molecule has 0 aliphatic carbocycles. The molecule has 0 aromatic heterocycles. The maximum atomic E-state index is 11.3. The van der Waals surface area contributed by atoms with Crippen molar-refractivity contribution < 1.29 is 30.0 Å². The number of Topliss-reactive ketones (excluding diaryl/α,β-unsaturated/α-hetero) is 1. The number of hydrogen-bond donors (Lipinski definition) is 5. The largest absolute Gasteiger partial charge is 0.394 e. The van der Waals surface area contributed by atoms with Crippen LogP contribution < -0.4 is 5.32 Å². The van der Waals surface area contributed by atoms with E-state index < -0.39 is 43.2 Å². The minimum absolute atomic E-state index is 0.592. The molecule has 1 amide bonds. The first-order valence-corrected chi connectivity index (χ1v) is 4.32. The van der Waals surface area contributed by atoms with Crippen molar-refractivity contribution in [1.82, 2.24) is 5.32 Å². The molecule has 0 bridgehead atoms. The van der Waals surface area contributed by atoms with Crippen LogP contribution in [0, 0.1) is 0 Å². The number of hydrogen-bond acceptors (Lipinski definition) is 6. The fourth-order valence-corrected chi connectivity index (χ4v) is 0.979. The summed E-state index contributed by atoms with van der Waals surface area (Å²) in [5.74, 6) is -1.54. The van der Waals surface area contributed by atoms with Gasteiger partial charge in [0.15, 0.2) is 5.78 Å². The summed E-state index contributed by atoms with van der Waals surface area (Å²) in [5, 5.41) is 37.4. The van der Waals surface area contributed by atoms with Crippen molar-refractivity contribution in [2.75, 3.05) is 13.2 Å². The molecule has 0 saturated carbocycles. The third kappa shape index (κ3) is 4.34. The Bertz CT molecular complexity index is 231.